The molecule has 2 rings (SSSR count). The van der Waals surface area contributed by atoms with Gasteiger partial charge in [0.2, 0.25) is 0 Å². The Labute approximate surface area is 82.9 Å². The highest BCUT2D eigenvalue weighted by Crippen LogP contribution is 2.29. The van der Waals surface area contributed by atoms with Crippen molar-refractivity contribution in [1.82, 2.24) is 0 Å². The zero-order valence-corrected chi connectivity index (χ0v) is 7.90. The summed E-state index contributed by atoms with van der Waals surface area (Å²) in [4.78, 5) is 11.5. The van der Waals surface area contributed by atoms with Crippen molar-refractivity contribution < 1.29 is 9.53 Å². The van der Waals surface area contributed by atoms with Crippen LogP contribution in [0.3, 0.4) is 0 Å². The van der Waals surface area contributed by atoms with E-state index >= 15 is 0 Å². The fraction of sp³-hybridized carbons (Fsp3) is 0.364. The summed E-state index contributed by atoms with van der Waals surface area (Å²) in [6.45, 7) is 0. The van der Waals surface area contributed by atoms with E-state index in [2.05, 4.69) is 0 Å². The number of carbonyl (C=O) groups excluding carboxylic acids is 1. The molecular weight excluding hydrogens is 178 g/mol. The van der Waals surface area contributed by atoms with E-state index in [1.165, 1.54) is 0 Å². The molecule has 1 saturated carbocycles. The lowest BCUT2D eigenvalue weighted by Gasteiger charge is -2.23. The molecule has 0 saturated heterocycles. The summed E-state index contributed by atoms with van der Waals surface area (Å²) in [6, 6.07) is 7.06. The summed E-state index contributed by atoms with van der Waals surface area (Å²) in [5.41, 5.74) is 6.17. The molecule has 0 atom stereocenters. The maximum Gasteiger partial charge on any atom is 0.314 e. The average molecular weight is 191 g/mol. The van der Waals surface area contributed by atoms with Gasteiger partial charge in [0.1, 0.15) is 0 Å². The van der Waals surface area contributed by atoms with E-state index in [-0.39, 0.29) is 11.9 Å². The third-order valence-electron chi connectivity index (χ3n) is 2.57. The van der Waals surface area contributed by atoms with Crippen molar-refractivity contribution in [3.8, 4) is 5.75 Å². The Kier molecular flexibility index (Phi) is 2.39. The van der Waals surface area contributed by atoms with Crippen LogP contribution in [0.2, 0.25) is 0 Å². The van der Waals surface area contributed by atoms with Crippen molar-refractivity contribution in [3.63, 3.8) is 0 Å². The summed E-state index contributed by atoms with van der Waals surface area (Å²) in [7, 11) is 0. The predicted octanol–water partition coefficient (Wildman–Crippen LogP) is 1.97. The van der Waals surface area contributed by atoms with Crippen molar-refractivity contribution in [2.45, 2.75) is 19.3 Å². The summed E-state index contributed by atoms with van der Waals surface area (Å²) >= 11 is 0. The summed E-state index contributed by atoms with van der Waals surface area (Å²) < 4.78 is 5.19. The van der Waals surface area contributed by atoms with Crippen LogP contribution in [-0.2, 0) is 4.79 Å². The van der Waals surface area contributed by atoms with Gasteiger partial charge >= 0.3 is 5.97 Å². The lowest BCUT2D eigenvalue weighted by Crippen LogP contribution is -2.26. The van der Waals surface area contributed by atoms with Gasteiger partial charge < -0.3 is 10.5 Å². The molecule has 0 aromatic heterocycles. The predicted molar refractivity (Wildman–Crippen MR) is 53.8 cm³/mol. The first-order valence-corrected chi connectivity index (χ1v) is 4.83. The van der Waals surface area contributed by atoms with E-state index in [9.17, 15) is 4.79 Å². The van der Waals surface area contributed by atoms with Crippen LogP contribution in [0.4, 0.5) is 5.69 Å². The molecule has 1 aliphatic rings. The number of carbonyl (C=O) groups is 1. The van der Waals surface area contributed by atoms with Crippen LogP contribution in [-0.4, -0.2) is 5.97 Å². The molecule has 0 radical (unpaired) electrons. The first-order chi connectivity index (χ1) is 6.77. The molecular formula is C11H13NO2. The normalized spacial score (nSPS) is 16.0. The summed E-state index contributed by atoms with van der Waals surface area (Å²) in [5.74, 6) is 0.424. The van der Waals surface area contributed by atoms with Crippen molar-refractivity contribution in [2.75, 3.05) is 5.73 Å². The molecule has 0 unspecified atom stereocenters. The highest BCUT2D eigenvalue weighted by molar-refractivity contribution is 5.77. The largest absolute Gasteiger partial charge is 0.424 e. The van der Waals surface area contributed by atoms with E-state index in [4.69, 9.17) is 10.5 Å². The zero-order valence-electron chi connectivity index (χ0n) is 7.90. The van der Waals surface area contributed by atoms with Crippen molar-refractivity contribution in [3.05, 3.63) is 24.3 Å². The minimum absolute atomic E-state index is 0.0922. The summed E-state index contributed by atoms with van der Waals surface area (Å²) in [6.07, 6.45) is 3.03. The van der Waals surface area contributed by atoms with E-state index < -0.39 is 0 Å². The molecule has 0 spiro atoms. The molecule has 14 heavy (non-hydrogen) atoms. The fourth-order valence-electron chi connectivity index (χ4n) is 1.41. The highest BCUT2D eigenvalue weighted by atomic mass is 16.5. The molecule has 0 aliphatic heterocycles. The molecule has 3 heteroatoms. The number of anilines is 1. The van der Waals surface area contributed by atoms with Gasteiger partial charge in [0.25, 0.3) is 0 Å². The Bertz CT molecular complexity index is 345. The molecule has 0 bridgehead atoms. The van der Waals surface area contributed by atoms with E-state index in [0.717, 1.165) is 19.3 Å². The Hall–Kier alpha value is -1.51. The molecule has 2 N–H and O–H groups in total. The smallest absolute Gasteiger partial charge is 0.314 e. The average Bonchev–Trinajstić information content (AvgIpc) is 2.05. The second-order valence-corrected chi connectivity index (χ2v) is 3.59. The van der Waals surface area contributed by atoms with Crippen molar-refractivity contribution in [2.24, 2.45) is 5.92 Å². The third kappa shape index (κ3) is 1.71. The molecule has 1 aliphatic carbocycles. The van der Waals surface area contributed by atoms with Gasteiger partial charge in [-0.3, -0.25) is 4.79 Å². The number of benzene rings is 1. The first-order valence-electron chi connectivity index (χ1n) is 4.83. The summed E-state index contributed by atoms with van der Waals surface area (Å²) in [5, 5.41) is 0. The van der Waals surface area contributed by atoms with E-state index in [1.54, 1.807) is 18.2 Å². The van der Waals surface area contributed by atoms with Crippen LogP contribution in [0.1, 0.15) is 19.3 Å². The Morgan fingerprint density at radius 2 is 2.07 bits per heavy atom. The molecule has 1 fully saturated rings. The van der Waals surface area contributed by atoms with E-state index in [0.29, 0.717) is 11.4 Å². The Balaban J connectivity index is 2.03. The maximum atomic E-state index is 11.5. The molecule has 0 heterocycles. The van der Waals surface area contributed by atoms with Gasteiger partial charge in [-0.15, -0.1) is 0 Å². The number of nitrogen functional groups attached to an aromatic ring is 1. The topological polar surface area (TPSA) is 52.3 Å². The van der Waals surface area contributed by atoms with Gasteiger partial charge in [0, 0.05) is 0 Å². The Morgan fingerprint density at radius 1 is 1.36 bits per heavy atom. The fourth-order valence-corrected chi connectivity index (χ4v) is 1.41. The molecule has 74 valence electrons. The monoisotopic (exact) mass is 191 g/mol. The van der Waals surface area contributed by atoms with Crippen LogP contribution < -0.4 is 10.5 Å². The maximum absolute atomic E-state index is 11.5. The molecule has 1 aromatic carbocycles. The van der Waals surface area contributed by atoms with Gasteiger partial charge in [-0.1, -0.05) is 18.6 Å². The standard InChI is InChI=1S/C11H13NO2/c12-9-6-1-2-7-10(9)14-11(13)8-4-3-5-8/h1-2,6-8H,3-5,12H2. The number of nitrogens with two attached hydrogens (primary N) is 1. The molecule has 3 nitrogen and oxygen atoms in total. The number of esters is 1. The number of hydrogen-bond acceptors (Lipinski definition) is 3. The number of ether oxygens (including phenoxy) is 1. The van der Waals surface area contributed by atoms with Crippen LogP contribution >= 0.6 is 0 Å². The lowest BCUT2D eigenvalue weighted by atomic mass is 9.86. The van der Waals surface area contributed by atoms with Crippen LogP contribution in [0.25, 0.3) is 0 Å². The minimum atomic E-state index is -0.144. The first kappa shape index (κ1) is 9.06. The second-order valence-electron chi connectivity index (χ2n) is 3.59. The van der Waals surface area contributed by atoms with Gasteiger partial charge in [0.05, 0.1) is 11.6 Å². The SMILES string of the molecule is Nc1ccccc1OC(=O)C1CCC1. The van der Waals surface area contributed by atoms with Gasteiger partial charge in [0.15, 0.2) is 5.75 Å². The minimum Gasteiger partial charge on any atom is -0.424 e. The van der Waals surface area contributed by atoms with Crippen LogP contribution in [0.15, 0.2) is 24.3 Å². The second kappa shape index (κ2) is 3.70. The van der Waals surface area contributed by atoms with Gasteiger partial charge in [-0.2, -0.15) is 0 Å². The zero-order chi connectivity index (χ0) is 9.97. The number of para-hydroxylation sites is 2. The van der Waals surface area contributed by atoms with Gasteiger partial charge in [-0.25, -0.2) is 0 Å². The van der Waals surface area contributed by atoms with Gasteiger partial charge in [-0.05, 0) is 25.0 Å². The lowest BCUT2D eigenvalue weighted by molar-refractivity contribution is -0.141. The third-order valence-corrected chi connectivity index (χ3v) is 2.57. The van der Waals surface area contributed by atoms with E-state index in [1.807, 2.05) is 6.07 Å². The van der Waals surface area contributed by atoms with Crippen molar-refractivity contribution >= 4 is 11.7 Å². The number of rotatable bonds is 2. The molecule has 1 aromatic rings. The van der Waals surface area contributed by atoms with Crippen LogP contribution in [0, 0.1) is 5.92 Å². The molecule has 0 amide bonds. The highest BCUT2D eigenvalue weighted by Gasteiger charge is 2.27. The Morgan fingerprint density at radius 3 is 2.64 bits per heavy atom. The van der Waals surface area contributed by atoms with Crippen LogP contribution in [0.5, 0.6) is 5.75 Å². The number of hydrogen-bond donors (Lipinski definition) is 1. The van der Waals surface area contributed by atoms with Crippen molar-refractivity contribution in [1.29, 1.82) is 0 Å². The quantitative estimate of drug-likeness (QED) is 0.441.